The summed E-state index contributed by atoms with van der Waals surface area (Å²) in [6.45, 7) is 1.76. The topological polar surface area (TPSA) is 73.0 Å². The number of hydrogen-bond acceptors (Lipinski definition) is 5. The fourth-order valence-corrected chi connectivity index (χ4v) is 2.61. The van der Waals surface area contributed by atoms with Gasteiger partial charge in [-0.15, -0.1) is 11.3 Å². The van der Waals surface area contributed by atoms with Crippen molar-refractivity contribution in [1.29, 1.82) is 0 Å². The van der Waals surface area contributed by atoms with Crippen molar-refractivity contribution in [3.05, 3.63) is 41.1 Å². The molecule has 3 aromatic heterocycles. The zero-order valence-corrected chi connectivity index (χ0v) is 11.8. The number of aromatic nitrogens is 3. The molecule has 0 aliphatic rings. The van der Waals surface area contributed by atoms with Gasteiger partial charge < -0.3 is 9.84 Å². The Labute approximate surface area is 119 Å². The number of nitrogens with one attached hydrogen (secondary N) is 1. The van der Waals surface area contributed by atoms with E-state index in [9.17, 15) is 4.79 Å². The van der Waals surface area contributed by atoms with Crippen LogP contribution in [0.25, 0.3) is 10.6 Å². The minimum Gasteiger partial charge on any atom is -0.360 e. The van der Waals surface area contributed by atoms with Crippen LogP contribution in [0.15, 0.2) is 34.2 Å². The fraction of sp³-hybridized carbons (Fsp3) is 0.154. The lowest BCUT2D eigenvalue weighted by Crippen LogP contribution is -2.13. The van der Waals surface area contributed by atoms with Crippen LogP contribution in [-0.4, -0.2) is 20.8 Å². The summed E-state index contributed by atoms with van der Waals surface area (Å²) in [4.78, 5) is 13.2. The first-order chi connectivity index (χ1) is 9.63. The van der Waals surface area contributed by atoms with Crippen molar-refractivity contribution >= 4 is 23.1 Å². The third kappa shape index (κ3) is 2.35. The largest absolute Gasteiger partial charge is 0.360 e. The van der Waals surface area contributed by atoms with Crippen LogP contribution in [0, 0.1) is 6.92 Å². The first kappa shape index (κ1) is 12.6. The van der Waals surface area contributed by atoms with Gasteiger partial charge in [0.15, 0.2) is 11.5 Å². The number of rotatable bonds is 3. The lowest BCUT2D eigenvalue weighted by Gasteiger charge is -1.96. The molecule has 3 heterocycles. The van der Waals surface area contributed by atoms with Gasteiger partial charge in [-0.1, -0.05) is 11.2 Å². The Kier molecular flexibility index (Phi) is 3.11. The second kappa shape index (κ2) is 4.93. The zero-order chi connectivity index (χ0) is 14.1. The van der Waals surface area contributed by atoms with E-state index >= 15 is 0 Å². The van der Waals surface area contributed by atoms with Crippen LogP contribution < -0.4 is 5.32 Å². The van der Waals surface area contributed by atoms with E-state index in [1.54, 1.807) is 35.1 Å². The molecule has 0 radical (unpaired) electrons. The molecule has 0 fully saturated rings. The van der Waals surface area contributed by atoms with Crippen LogP contribution in [0.2, 0.25) is 0 Å². The number of anilines is 1. The molecule has 102 valence electrons. The normalized spacial score (nSPS) is 10.7. The molecule has 0 unspecified atom stereocenters. The number of amides is 1. The van der Waals surface area contributed by atoms with E-state index in [0.29, 0.717) is 17.3 Å². The fourth-order valence-electron chi connectivity index (χ4n) is 1.84. The molecule has 0 atom stereocenters. The molecular formula is C13H12N4O2S. The van der Waals surface area contributed by atoms with Crippen LogP contribution in [0.1, 0.15) is 16.2 Å². The maximum atomic E-state index is 12.1. The zero-order valence-electron chi connectivity index (χ0n) is 11.0. The Morgan fingerprint density at radius 1 is 1.45 bits per heavy atom. The van der Waals surface area contributed by atoms with Crippen molar-refractivity contribution in [2.24, 2.45) is 7.05 Å². The summed E-state index contributed by atoms with van der Waals surface area (Å²) < 4.78 is 6.59. The van der Waals surface area contributed by atoms with E-state index < -0.39 is 0 Å². The van der Waals surface area contributed by atoms with Crippen molar-refractivity contribution < 1.29 is 9.32 Å². The monoisotopic (exact) mass is 288 g/mol. The van der Waals surface area contributed by atoms with Crippen molar-refractivity contribution in [2.75, 3.05) is 5.32 Å². The Hall–Kier alpha value is -2.41. The van der Waals surface area contributed by atoms with E-state index in [1.165, 1.54) is 0 Å². The summed E-state index contributed by atoms with van der Waals surface area (Å²) in [5.41, 5.74) is 1.25. The molecular weight excluding hydrogens is 276 g/mol. The lowest BCUT2D eigenvalue weighted by molar-refractivity contribution is 0.102. The van der Waals surface area contributed by atoms with Gasteiger partial charge >= 0.3 is 0 Å². The van der Waals surface area contributed by atoms with Crippen LogP contribution in [-0.2, 0) is 7.05 Å². The van der Waals surface area contributed by atoms with Gasteiger partial charge in [0.05, 0.1) is 10.6 Å². The van der Waals surface area contributed by atoms with E-state index in [-0.39, 0.29) is 5.91 Å². The maximum Gasteiger partial charge on any atom is 0.277 e. The average molecular weight is 288 g/mol. The predicted octanol–water partition coefficient (Wildman–Crippen LogP) is 2.70. The van der Waals surface area contributed by atoms with Crippen LogP contribution in [0.4, 0.5) is 5.82 Å². The molecule has 0 aliphatic carbocycles. The van der Waals surface area contributed by atoms with Crippen LogP contribution >= 0.6 is 11.3 Å². The van der Waals surface area contributed by atoms with E-state index in [1.807, 2.05) is 24.6 Å². The molecule has 3 aromatic rings. The van der Waals surface area contributed by atoms with Gasteiger partial charge in [-0.2, -0.15) is 5.10 Å². The van der Waals surface area contributed by atoms with Gasteiger partial charge in [-0.25, -0.2) is 0 Å². The number of carbonyl (C=O) groups is 1. The highest BCUT2D eigenvalue weighted by atomic mass is 32.1. The summed E-state index contributed by atoms with van der Waals surface area (Å²) in [5.74, 6) is 0.716. The average Bonchev–Trinajstić information content (AvgIpc) is 3.10. The molecule has 0 aromatic carbocycles. The summed E-state index contributed by atoms with van der Waals surface area (Å²) in [6, 6.07) is 7.37. The molecule has 6 nitrogen and oxygen atoms in total. The molecule has 0 bridgehead atoms. The predicted molar refractivity (Wildman–Crippen MR) is 75.7 cm³/mol. The van der Waals surface area contributed by atoms with Crippen LogP contribution in [0.3, 0.4) is 0 Å². The molecule has 20 heavy (non-hydrogen) atoms. The highest BCUT2D eigenvalue weighted by Gasteiger charge is 2.15. The maximum absolute atomic E-state index is 12.1. The Morgan fingerprint density at radius 3 is 2.95 bits per heavy atom. The molecule has 0 spiro atoms. The minimum absolute atomic E-state index is 0.309. The van der Waals surface area contributed by atoms with E-state index in [2.05, 4.69) is 15.6 Å². The Morgan fingerprint density at radius 2 is 2.30 bits per heavy atom. The Balaban J connectivity index is 1.84. The number of hydrogen-bond donors (Lipinski definition) is 1. The summed E-state index contributed by atoms with van der Waals surface area (Å²) in [5, 5.41) is 12.6. The van der Waals surface area contributed by atoms with Gasteiger partial charge in [0, 0.05) is 13.1 Å². The van der Waals surface area contributed by atoms with Gasteiger partial charge in [-0.3, -0.25) is 9.48 Å². The van der Waals surface area contributed by atoms with Gasteiger partial charge in [0.1, 0.15) is 5.76 Å². The number of thiophene rings is 1. The van der Waals surface area contributed by atoms with Crippen molar-refractivity contribution in [3.8, 4) is 10.6 Å². The van der Waals surface area contributed by atoms with Crippen molar-refractivity contribution in [1.82, 2.24) is 14.9 Å². The number of carbonyl (C=O) groups excluding carboxylic acids is 1. The van der Waals surface area contributed by atoms with E-state index in [4.69, 9.17) is 4.52 Å². The smallest absolute Gasteiger partial charge is 0.277 e. The number of aryl methyl sites for hydroxylation is 2. The van der Waals surface area contributed by atoms with Gasteiger partial charge in [-0.05, 0) is 24.4 Å². The quantitative estimate of drug-likeness (QED) is 0.804. The molecule has 0 aliphatic heterocycles. The molecule has 3 rings (SSSR count). The molecule has 0 saturated carbocycles. The second-order valence-corrected chi connectivity index (χ2v) is 5.24. The first-order valence-corrected chi connectivity index (χ1v) is 6.84. The standard InChI is InChI=1S/C13H12N4O2S/c1-8-6-12(16-19-8)14-13(18)9-7-10(17(2)15-9)11-4-3-5-20-11/h3-7H,1-2H3,(H,14,16,18). The summed E-state index contributed by atoms with van der Waals surface area (Å²) >= 11 is 1.60. The van der Waals surface area contributed by atoms with Gasteiger partial charge in [0.2, 0.25) is 0 Å². The van der Waals surface area contributed by atoms with E-state index in [0.717, 1.165) is 10.6 Å². The highest BCUT2D eigenvalue weighted by molar-refractivity contribution is 7.13. The SMILES string of the molecule is Cc1cc(NC(=O)c2cc(-c3cccs3)n(C)n2)no1. The third-order valence-electron chi connectivity index (χ3n) is 2.76. The molecule has 1 amide bonds. The molecule has 0 saturated heterocycles. The Bertz CT molecular complexity index is 742. The van der Waals surface area contributed by atoms with Gasteiger partial charge in [0.25, 0.3) is 5.91 Å². The van der Waals surface area contributed by atoms with Crippen molar-refractivity contribution in [3.63, 3.8) is 0 Å². The summed E-state index contributed by atoms with van der Waals surface area (Å²) in [6.07, 6.45) is 0. The van der Waals surface area contributed by atoms with Crippen LogP contribution in [0.5, 0.6) is 0 Å². The second-order valence-electron chi connectivity index (χ2n) is 4.29. The number of nitrogens with zero attached hydrogens (tertiary/aromatic N) is 3. The first-order valence-electron chi connectivity index (χ1n) is 5.96. The minimum atomic E-state index is -0.309. The molecule has 1 N–H and O–H groups in total. The lowest BCUT2D eigenvalue weighted by atomic mass is 10.3. The third-order valence-corrected chi connectivity index (χ3v) is 3.65. The summed E-state index contributed by atoms with van der Waals surface area (Å²) in [7, 11) is 1.81. The highest BCUT2D eigenvalue weighted by Crippen LogP contribution is 2.25. The molecule has 7 heteroatoms. The van der Waals surface area contributed by atoms with Crippen molar-refractivity contribution in [2.45, 2.75) is 6.92 Å².